The first-order chi connectivity index (χ1) is 14.8. The maximum absolute atomic E-state index is 12.3. The number of nitrogens with one attached hydrogen (secondary N) is 1. The Morgan fingerprint density at radius 1 is 1.13 bits per heavy atom. The van der Waals surface area contributed by atoms with Gasteiger partial charge in [-0.05, 0) is 61.9 Å². The summed E-state index contributed by atoms with van der Waals surface area (Å²) in [5.41, 5.74) is 1.10. The maximum Gasteiger partial charge on any atom is 0.331 e. The van der Waals surface area contributed by atoms with Gasteiger partial charge in [-0.1, -0.05) is 17.8 Å². The van der Waals surface area contributed by atoms with Gasteiger partial charge in [0.05, 0.1) is 13.7 Å². The third kappa shape index (κ3) is 7.93. The normalized spacial score (nSPS) is 11.9. The van der Waals surface area contributed by atoms with Crippen LogP contribution in [0.15, 0.2) is 53.4 Å². The van der Waals surface area contributed by atoms with E-state index in [1.54, 1.807) is 18.2 Å². The van der Waals surface area contributed by atoms with Crippen LogP contribution in [-0.2, 0) is 14.3 Å². The fraction of sp³-hybridized carbons (Fsp3) is 0.273. The number of carbonyl (C=O) groups is 2. The fourth-order valence-corrected chi connectivity index (χ4v) is 2.96. The van der Waals surface area contributed by atoms with Crippen LogP contribution in [0.2, 0.25) is 0 Å². The molecule has 1 N–H and O–H groups in total. The first kappa shape index (κ1) is 24.2. The number of thioether (sulfide) groups is 1. The Morgan fingerprint density at radius 2 is 1.84 bits per heavy atom. The molecule has 31 heavy (non-hydrogen) atoms. The number of carbonyl (C=O) groups excluding carboxylic acids is 2. The minimum atomic E-state index is -2.52. The molecule has 0 fully saturated rings. The quantitative estimate of drug-likeness (QED) is 0.312. The van der Waals surface area contributed by atoms with Crippen LogP contribution in [0.3, 0.4) is 0 Å². The number of hydrogen-bond acceptors (Lipinski definition) is 6. The van der Waals surface area contributed by atoms with Crippen molar-refractivity contribution in [3.8, 4) is 11.5 Å². The standard InChI is InChI=1S/C22H23F2NO5S/c1-4-29-18-11-5-15(13-19(18)28-3)6-12-20(26)30-14(2)21(27)25-16-7-9-17(10-8-16)31-22(23)24/h5-14,22H,4H2,1-3H3,(H,25,27)/b12-6+. The number of benzene rings is 2. The van der Waals surface area contributed by atoms with Crippen molar-refractivity contribution in [2.45, 2.75) is 30.6 Å². The van der Waals surface area contributed by atoms with Crippen molar-refractivity contribution in [1.29, 1.82) is 0 Å². The average Bonchev–Trinajstić information content (AvgIpc) is 2.74. The fourth-order valence-electron chi connectivity index (χ4n) is 2.46. The molecule has 0 aromatic heterocycles. The molecule has 0 saturated carbocycles. The van der Waals surface area contributed by atoms with Crippen LogP contribution in [-0.4, -0.2) is 37.5 Å². The number of ether oxygens (including phenoxy) is 3. The van der Waals surface area contributed by atoms with E-state index in [0.29, 0.717) is 46.0 Å². The molecular formula is C22H23F2NO5S. The number of halogens is 2. The largest absolute Gasteiger partial charge is 0.493 e. The average molecular weight is 451 g/mol. The molecule has 2 rings (SSSR count). The summed E-state index contributed by atoms with van der Waals surface area (Å²) >= 11 is 0.412. The lowest BCUT2D eigenvalue weighted by Crippen LogP contribution is -2.29. The first-order valence-corrected chi connectivity index (χ1v) is 10.3. The summed E-state index contributed by atoms with van der Waals surface area (Å²) in [5.74, 6) is -2.63. The van der Waals surface area contributed by atoms with Gasteiger partial charge in [-0.25, -0.2) is 4.79 Å². The van der Waals surface area contributed by atoms with E-state index < -0.39 is 23.7 Å². The molecule has 0 bridgehead atoms. The summed E-state index contributed by atoms with van der Waals surface area (Å²) < 4.78 is 40.5. The molecule has 2 aromatic rings. The number of anilines is 1. The molecule has 166 valence electrons. The van der Waals surface area contributed by atoms with E-state index in [9.17, 15) is 18.4 Å². The lowest BCUT2D eigenvalue weighted by Gasteiger charge is -2.13. The van der Waals surface area contributed by atoms with Gasteiger partial charge in [0.1, 0.15) is 0 Å². The number of hydrogen-bond donors (Lipinski definition) is 1. The zero-order chi connectivity index (χ0) is 22.8. The van der Waals surface area contributed by atoms with E-state index in [1.807, 2.05) is 6.92 Å². The van der Waals surface area contributed by atoms with E-state index >= 15 is 0 Å². The molecule has 0 radical (unpaired) electrons. The third-order valence-electron chi connectivity index (χ3n) is 3.91. The molecule has 1 unspecified atom stereocenters. The summed E-state index contributed by atoms with van der Waals surface area (Å²) in [5, 5.41) is 2.57. The molecule has 0 aliphatic rings. The monoisotopic (exact) mass is 451 g/mol. The summed E-state index contributed by atoms with van der Waals surface area (Å²) in [7, 11) is 1.52. The molecule has 0 saturated heterocycles. The highest BCUT2D eigenvalue weighted by atomic mass is 32.2. The highest BCUT2D eigenvalue weighted by Gasteiger charge is 2.17. The van der Waals surface area contributed by atoms with Crippen LogP contribution in [0.5, 0.6) is 11.5 Å². The van der Waals surface area contributed by atoms with Crippen molar-refractivity contribution in [1.82, 2.24) is 0 Å². The van der Waals surface area contributed by atoms with Gasteiger partial charge in [-0.3, -0.25) is 4.79 Å². The van der Waals surface area contributed by atoms with Crippen molar-refractivity contribution in [2.24, 2.45) is 0 Å². The van der Waals surface area contributed by atoms with Crippen molar-refractivity contribution in [3.63, 3.8) is 0 Å². The number of esters is 1. The zero-order valence-electron chi connectivity index (χ0n) is 17.3. The Balaban J connectivity index is 1.90. The van der Waals surface area contributed by atoms with Gasteiger partial charge in [0.25, 0.3) is 11.7 Å². The Kier molecular flexibility index (Phi) is 9.33. The van der Waals surface area contributed by atoms with Gasteiger partial charge >= 0.3 is 5.97 Å². The molecular weight excluding hydrogens is 428 g/mol. The molecule has 9 heteroatoms. The number of amides is 1. The second kappa shape index (κ2) is 11.9. The second-order valence-corrected chi connectivity index (χ2v) is 7.21. The van der Waals surface area contributed by atoms with Gasteiger partial charge in [0.2, 0.25) is 0 Å². The topological polar surface area (TPSA) is 73.9 Å². The van der Waals surface area contributed by atoms with Crippen molar-refractivity contribution in [2.75, 3.05) is 19.0 Å². The van der Waals surface area contributed by atoms with Crippen LogP contribution >= 0.6 is 11.8 Å². The number of rotatable bonds is 10. The number of methoxy groups -OCH3 is 1. The predicted octanol–water partition coefficient (Wildman–Crippen LogP) is 4.99. The molecule has 6 nitrogen and oxygen atoms in total. The predicted molar refractivity (Wildman–Crippen MR) is 116 cm³/mol. The van der Waals surface area contributed by atoms with Crippen LogP contribution in [0.1, 0.15) is 19.4 Å². The summed E-state index contributed by atoms with van der Waals surface area (Å²) in [6.07, 6.45) is 1.68. The maximum atomic E-state index is 12.3. The second-order valence-electron chi connectivity index (χ2n) is 6.15. The third-order valence-corrected chi connectivity index (χ3v) is 4.63. The zero-order valence-corrected chi connectivity index (χ0v) is 18.1. The highest BCUT2D eigenvalue weighted by Crippen LogP contribution is 2.28. The SMILES string of the molecule is CCOc1ccc(/C=C/C(=O)OC(C)C(=O)Nc2ccc(SC(F)F)cc2)cc1OC. The van der Waals surface area contributed by atoms with Gasteiger partial charge in [0, 0.05) is 16.7 Å². The van der Waals surface area contributed by atoms with Crippen molar-refractivity contribution in [3.05, 3.63) is 54.1 Å². The van der Waals surface area contributed by atoms with Crippen LogP contribution in [0.4, 0.5) is 14.5 Å². The van der Waals surface area contributed by atoms with E-state index in [-0.39, 0.29) is 0 Å². The summed E-state index contributed by atoms with van der Waals surface area (Å²) in [4.78, 5) is 24.6. The molecule has 1 atom stereocenters. The minimum absolute atomic E-state index is 0.378. The van der Waals surface area contributed by atoms with E-state index in [2.05, 4.69) is 5.32 Å². The highest BCUT2D eigenvalue weighted by molar-refractivity contribution is 7.99. The first-order valence-electron chi connectivity index (χ1n) is 9.37. The molecule has 0 aliphatic carbocycles. The lowest BCUT2D eigenvalue weighted by molar-refractivity contribution is -0.148. The van der Waals surface area contributed by atoms with Crippen LogP contribution in [0, 0.1) is 0 Å². The van der Waals surface area contributed by atoms with E-state index in [0.717, 1.165) is 0 Å². The number of alkyl halides is 2. The Morgan fingerprint density at radius 3 is 2.45 bits per heavy atom. The molecule has 0 aliphatic heterocycles. The summed E-state index contributed by atoms with van der Waals surface area (Å²) in [6, 6.07) is 11.1. The van der Waals surface area contributed by atoms with E-state index in [1.165, 1.54) is 50.5 Å². The smallest absolute Gasteiger partial charge is 0.331 e. The van der Waals surface area contributed by atoms with Gasteiger partial charge < -0.3 is 19.5 Å². The van der Waals surface area contributed by atoms with Crippen LogP contribution < -0.4 is 14.8 Å². The van der Waals surface area contributed by atoms with Gasteiger partial charge in [-0.2, -0.15) is 8.78 Å². The van der Waals surface area contributed by atoms with Crippen molar-refractivity contribution < 1.29 is 32.6 Å². The van der Waals surface area contributed by atoms with Crippen LogP contribution in [0.25, 0.3) is 6.08 Å². The Labute approximate surface area is 183 Å². The minimum Gasteiger partial charge on any atom is -0.493 e. The van der Waals surface area contributed by atoms with Gasteiger partial charge in [0.15, 0.2) is 17.6 Å². The molecule has 0 heterocycles. The Hall–Kier alpha value is -3.07. The molecule has 1 amide bonds. The van der Waals surface area contributed by atoms with Crippen molar-refractivity contribution >= 4 is 35.4 Å². The van der Waals surface area contributed by atoms with E-state index in [4.69, 9.17) is 14.2 Å². The summed E-state index contributed by atoms with van der Waals surface area (Å²) in [6.45, 7) is 3.79. The molecule has 2 aromatic carbocycles. The molecule has 0 spiro atoms. The lowest BCUT2D eigenvalue weighted by atomic mass is 10.2. The van der Waals surface area contributed by atoms with Gasteiger partial charge in [-0.15, -0.1) is 0 Å². The Bertz CT molecular complexity index is 919.